The van der Waals surface area contributed by atoms with Gasteiger partial charge in [0.25, 0.3) is 0 Å². The highest BCUT2D eigenvalue weighted by molar-refractivity contribution is 6.36. The minimum atomic E-state index is -0.523. The lowest BCUT2D eigenvalue weighted by Crippen LogP contribution is -2.15. The fraction of sp³-hybridized carbons (Fsp3) is 0.158. The van der Waals surface area contributed by atoms with Crippen LogP contribution in [0.1, 0.15) is 22.8 Å². The zero-order chi connectivity index (χ0) is 19.1. The van der Waals surface area contributed by atoms with Crippen molar-refractivity contribution in [3.63, 3.8) is 0 Å². The van der Waals surface area contributed by atoms with Crippen molar-refractivity contribution in [3.8, 4) is 5.75 Å². The van der Waals surface area contributed by atoms with Gasteiger partial charge >= 0.3 is 5.97 Å². The first-order chi connectivity index (χ1) is 12.4. The molecule has 0 N–H and O–H groups in total. The molecule has 0 amide bonds. The molecule has 0 fully saturated rings. The van der Waals surface area contributed by atoms with E-state index in [1.807, 2.05) is 0 Å². The number of benzene rings is 2. The molecule has 0 aliphatic carbocycles. The third-order valence-corrected chi connectivity index (χ3v) is 3.97. The SMILES string of the molecule is CCOC(=O)COc1c(Cl)cc(Cl)cc1/C=C/C(=O)c1ccc(Cl)cc1. The molecule has 0 saturated heterocycles. The van der Waals surface area contributed by atoms with Gasteiger partial charge in [0.05, 0.1) is 11.6 Å². The topological polar surface area (TPSA) is 52.6 Å². The Hall–Kier alpha value is -2.01. The van der Waals surface area contributed by atoms with Crippen LogP contribution in [0.5, 0.6) is 5.75 Å². The summed E-state index contributed by atoms with van der Waals surface area (Å²) in [5.41, 5.74) is 0.946. The zero-order valence-electron chi connectivity index (χ0n) is 13.8. The maximum Gasteiger partial charge on any atom is 0.344 e. The van der Waals surface area contributed by atoms with Gasteiger partial charge in [-0.2, -0.15) is 0 Å². The van der Waals surface area contributed by atoms with E-state index in [1.165, 1.54) is 18.2 Å². The van der Waals surface area contributed by atoms with Gasteiger partial charge < -0.3 is 9.47 Å². The van der Waals surface area contributed by atoms with E-state index in [0.717, 1.165) is 0 Å². The average molecular weight is 414 g/mol. The van der Waals surface area contributed by atoms with Crippen LogP contribution in [0.15, 0.2) is 42.5 Å². The molecule has 7 heteroatoms. The van der Waals surface area contributed by atoms with Gasteiger partial charge in [-0.3, -0.25) is 4.79 Å². The first-order valence-electron chi connectivity index (χ1n) is 7.66. The molecule has 2 rings (SSSR count). The van der Waals surface area contributed by atoms with E-state index in [-0.39, 0.29) is 29.8 Å². The van der Waals surface area contributed by atoms with Crippen LogP contribution in [0.25, 0.3) is 6.08 Å². The van der Waals surface area contributed by atoms with Crippen molar-refractivity contribution in [3.05, 3.63) is 68.7 Å². The van der Waals surface area contributed by atoms with E-state index in [0.29, 0.717) is 21.2 Å². The summed E-state index contributed by atoms with van der Waals surface area (Å²) in [7, 11) is 0. The van der Waals surface area contributed by atoms with Crippen LogP contribution in [0.2, 0.25) is 15.1 Å². The molecule has 0 radical (unpaired) electrons. The Kier molecular flexibility index (Phi) is 7.51. The molecule has 26 heavy (non-hydrogen) atoms. The second-order valence-electron chi connectivity index (χ2n) is 5.10. The fourth-order valence-corrected chi connectivity index (χ4v) is 2.76. The molecule has 0 unspecified atom stereocenters. The summed E-state index contributed by atoms with van der Waals surface area (Å²) in [5, 5.41) is 1.14. The Balaban J connectivity index is 2.22. The van der Waals surface area contributed by atoms with Crippen LogP contribution < -0.4 is 4.74 Å². The zero-order valence-corrected chi connectivity index (χ0v) is 16.1. The van der Waals surface area contributed by atoms with Crippen molar-refractivity contribution in [2.24, 2.45) is 0 Å². The van der Waals surface area contributed by atoms with E-state index in [4.69, 9.17) is 44.3 Å². The van der Waals surface area contributed by atoms with Crippen LogP contribution in [0, 0.1) is 0 Å². The fourth-order valence-electron chi connectivity index (χ4n) is 2.07. The molecule has 0 atom stereocenters. The molecule has 136 valence electrons. The second-order valence-corrected chi connectivity index (χ2v) is 6.38. The summed E-state index contributed by atoms with van der Waals surface area (Å²) in [6.45, 7) is 1.64. The maximum atomic E-state index is 12.3. The van der Waals surface area contributed by atoms with E-state index < -0.39 is 5.97 Å². The smallest absolute Gasteiger partial charge is 0.344 e. The second kappa shape index (κ2) is 9.62. The Morgan fingerprint density at radius 3 is 2.38 bits per heavy atom. The molecule has 0 aliphatic heterocycles. The van der Waals surface area contributed by atoms with Gasteiger partial charge in [-0.05, 0) is 55.5 Å². The van der Waals surface area contributed by atoms with Gasteiger partial charge in [0.15, 0.2) is 12.4 Å². The summed E-state index contributed by atoms with van der Waals surface area (Å²) in [6, 6.07) is 9.58. The van der Waals surface area contributed by atoms with Crippen LogP contribution in [0.3, 0.4) is 0 Å². The lowest BCUT2D eigenvalue weighted by molar-refractivity contribution is -0.145. The predicted molar refractivity (Wildman–Crippen MR) is 103 cm³/mol. The Morgan fingerprint density at radius 2 is 1.73 bits per heavy atom. The van der Waals surface area contributed by atoms with Crippen LogP contribution in [0.4, 0.5) is 0 Å². The van der Waals surface area contributed by atoms with Gasteiger partial charge in [-0.15, -0.1) is 0 Å². The Bertz CT molecular complexity index is 829. The van der Waals surface area contributed by atoms with Crippen molar-refractivity contribution in [1.29, 1.82) is 0 Å². The number of rotatable bonds is 7. The highest BCUT2D eigenvalue weighted by Crippen LogP contribution is 2.33. The molecular weight excluding hydrogens is 399 g/mol. The molecule has 4 nitrogen and oxygen atoms in total. The molecule has 0 heterocycles. The lowest BCUT2D eigenvalue weighted by Gasteiger charge is -2.11. The normalized spacial score (nSPS) is 10.8. The van der Waals surface area contributed by atoms with Crippen LogP contribution >= 0.6 is 34.8 Å². The number of carbonyl (C=O) groups excluding carboxylic acids is 2. The number of ketones is 1. The van der Waals surface area contributed by atoms with Crippen molar-refractivity contribution < 1.29 is 19.1 Å². The number of halogens is 3. The summed E-state index contributed by atoms with van der Waals surface area (Å²) in [5.74, 6) is -0.510. The van der Waals surface area contributed by atoms with Gasteiger partial charge in [0.1, 0.15) is 5.75 Å². The molecule has 0 spiro atoms. The molecular formula is C19H15Cl3O4. The third-order valence-electron chi connectivity index (χ3n) is 3.22. The van der Waals surface area contributed by atoms with Gasteiger partial charge in [0.2, 0.25) is 0 Å². The number of esters is 1. The van der Waals surface area contributed by atoms with Crippen LogP contribution in [-0.4, -0.2) is 25.0 Å². The largest absolute Gasteiger partial charge is 0.480 e. The van der Waals surface area contributed by atoms with Crippen LogP contribution in [-0.2, 0) is 9.53 Å². The number of allylic oxidation sites excluding steroid dienone is 1. The van der Waals surface area contributed by atoms with E-state index in [9.17, 15) is 9.59 Å². The Morgan fingerprint density at radius 1 is 1.04 bits per heavy atom. The summed E-state index contributed by atoms with van der Waals surface area (Å²) in [6.07, 6.45) is 2.89. The number of hydrogen-bond donors (Lipinski definition) is 0. The van der Waals surface area contributed by atoms with Gasteiger partial charge in [-0.25, -0.2) is 4.79 Å². The standard InChI is InChI=1S/C19H15Cl3O4/c1-2-25-18(24)11-26-19-13(9-15(21)10-16(19)22)5-8-17(23)12-3-6-14(20)7-4-12/h3-10H,2,11H2,1H3/b8-5+. The first kappa shape index (κ1) is 20.3. The Labute approximate surface area is 166 Å². The average Bonchev–Trinajstić information content (AvgIpc) is 2.59. The lowest BCUT2D eigenvalue weighted by atomic mass is 10.1. The van der Waals surface area contributed by atoms with Crippen molar-refractivity contribution >= 4 is 52.6 Å². The minimum absolute atomic E-state index is 0.223. The maximum absolute atomic E-state index is 12.3. The van der Waals surface area contributed by atoms with Gasteiger partial charge in [0, 0.05) is 21.2 Å². The summed E-state index contributed by atoms with van der Waals surface area (Å²) in [4.78, 5) is 23.7. The highest BCUT2D eigenvalue weighted by atomic mass is 35.5. The predicted octanol–water partition coefficient (Wildman–Crippen LogP) is 5.48. The third kappa shape index (κ3) is 5.77. The first-order valence-corrected chi connectivity index (χ1v) is 8.79. The molecule has 0 aliphatic rings. The monoisotopic (exact) mass is 412 g/mol. The molecule has 0 bridgehead atoms. The van der Waals surface area contributed by atoms with Crippen molar-refractivity contribution in [2.75, 3.05) is 13.2 Å². The quantitative estimate of drug-likeness (QED) is 0.342. The number of carbonyl (C=O) groups is 2. The molecule has 0 aromatic heterocycles. The molecule has 2 aromatic carbocycles. The summed E-state index contributed by atoms with van der Waals surface area (Å²) >= 11 is 18.0. The van der Waals surface area contributed by atoms with Gasteiger partial charge in [-0.1, -0.05) is 34.8 Å². The van der Waals surface area contributed by atoms with E-state index in [2.05, 4.69) is 0 Å². The number of ether oxygens (including phenoxy) is 2. The highest BCUT2D eigenvalue weighted by Gasteiger charge is 2.12. The summed E-state index contributed by atoms with van der Waals surface area (Å²) < 4.78 is 10.3. The van der Waals surface area contributed by atoms with Crippen molar-refractivity contribution in [2.45, 2.75) is 6.92 Å². The van der Waals surface area contributed by atoms with Crippen molar-refractivity contribution in [1.82, 2.24) is 0 Å². The number of hydrogen-bond acceptors (Lipinski definition) is 4. The molecule has 0 saturated carbocycles. The minimum Gasteiger partial charge on any atom is -0.480 e. The molecule has 2 aromatic rings. The van der Waals surface area contributed by atoms with E-state index in [1.54, 1.807) is 37.3 Å². The van der Waals surface area contributed by atoms with E-state index >= 15 is 0 Å².